The van der Waals surface area contributed by atoms with Crippen molar-refractivity contribution in [3.8, 4) is 11.4 Å². The van der Waals surface area contributed by atoms with Crippen LogP contribution in [0, 0.1) is 0 Å². The molecule has 0 saturated heterocycles. The lowest BCUT2D eigenvalue weighted by Gasteiger charge is -2.07. The molecular formula is C11H11ClN4S. The van der Waals surface area contributed by atoms with E-state index >= 15 is 0 Å². The second kappa shape index (κ2) is 4.81. The minimum atomic E-state index is 0.372. The van der Waals surface area contributed by atoms with Crippen molar-refractivity contribution >= 4 is 34.9 Å². The molecule has 0 bridgehead atoms. The maximum atomic E-state index is 6.04. The molecule has 0 aliphatic rings. The van der Waals surface area contributed by atoms with E-state index in [1.54, 1.807) is 12.1 Å². The first-order valence-corrected chi connectivity index (χ1v) is 6.45. The minimum absolute atomic E-state index is 0.372. The van der Waals surface area contributed by atoms with Gasteiger partial charge in [0.1, 0.15) is 11.0 Å². The fourth-order valence-electron chi connectivity index (χ4n) is 1.39. The van der Waals surface area contributed by atoms with Crippen molar-refractivity contribution < 1.29 is 0 Å². The van der Waals surface area contributed by atoms with Gasteiger partial charge in [0.2, 0.25) is 0 Å². The summed E-state index contributed by atoms with van der Waals surface area (Å²) in [6.07, 6.45) is 1.88. The molecule has 88 valence electrons. The highest BCUT2D eigenvalue weighted by Gasteiger charge is 2.10. The van der Waals surface area contributed by atoms with Crippen LogP contribution < -0.4 is 11.5 Å². The average molecular weight is 267 g/mol. The van der Waals surface area contributed by atoms with Crippen molar-refractivity contribution in [2.24, 2.45) is 0 Å². The molecular weight excluding hydrogens is 256 g/mol. The summed E-state index contributed by atoms with van der Waals surface area (Å²) in [4.78, 5) is 9.14. The Hall–Kier alpha value is -1.46. The Labute approximate surface area is 108 Å². The number of hydrogen-bond acceptors (Lipinski definition) is 5. The fourth-order valence-corrected chi connectivity index (χ4v) is 2.27. The molecule has 0 saturated carbocycles. The average Bonchev–Trinajstić information content (AvgIpc) is 2.29. The van der Waals surface area contributed by atoms with Crippen LogP contribution in [0.1, 0.15) is 0 Å². The quantitative estimate of drug-likeness (QED) is 0.496. The van der Waals surface area contributed by atoms with E-state index in [2.05, 4.69) is 9.97 Å². The maximum absolute atomic E-state index is 6.04. The van der Waals surface area contributed by atoms with Gasteiger partial charge >= 0.3 is 0 Å². The summed E-state index contributed by atoms with van der Waals surface area (Å²) in [6.45, 7) is 0. The molecule has 6 heteroatoms. The van der Waals surface area contributed by atoms with Gasteiger partial charge in [-0.15, -0.1) is 11.8 Å². The Morgan fingerprint density at radius 3 is 2.29 bits per heavy atom. The number of rotatable bonds is 2. The molecule has 0 aliphatic carbocycles. The van der Waals surface area contributed by atoms with Crippen LogP contribution in [0.5, 0.6) is 0 Å². The number of hydrogen-bond donors (Lipinski definition) is 2. The molecule has 0 radical (unpaired) electrons. The van der Waals surface area contributed by atoms with E-state index in [1.807, 2.05) is 18.4 Å². The van der Waals surface area contributed by atoms with E-state index in [0.717, 1.165) is 5.56 Å². The number of anilines is 2. The topological polar surface area (TPSA) is 77.8 Å². The Kier molecular flexibility index (Phi) is 3.40. The summed E-state index contributed by atoms with van der Waals surface area (Å²) in [7, 11) is 0. The number of benzene rings is 1. The van der Waals surface area contributed by atoms with E-state index in [1.165, 1.54) is 11.8 Å². The van der Waals surface area contributed by atoms with E-state index < -0.39 is 0 Å². The first kappa shape index (κ1) is 12.0. The van der Waals surface area contributed by atoms with E-state index in [-0.39, 0.29) is 0 Å². The summed E-state index contributed by atoms with van der Waals surface area (Å²) < 4.78 is 0. The molecule has 0 amide bonds. The van der Waals surface area contributed by atoms with Gasteiger partial charge < -0.3 is 11.5 Å². The highest BCUT2D eigenvalue weighted by atomic mass is 35.5. The Morgan fingerprint density at radius 2 is 1.76 bits per heavy atom. The van der Waals surface area contributed by atoms with Crippen LogP contribution in [-0.4, -0.2) is 16.2 Å². The van der Waals surface area contributed by atoms with Crippen LogP contribution in [0.3, 0.4) is 0 Å². The minimum Gasteiger partial charge on any atom is -0.399 e. The summed E-state index contributed by atoms with van der Waals surface area (Å²) >= 11 is 7.47. The number of halogens is 1. The predicted octanol–water partition coefficient (Wildman–Crippen LogP) is 2.68. The van der Waals surface area contributed by atoms with Gasteiger partial charge in [0.15, 0.2) is 5.82 Å². The molecule has 2 rings (SSSR count). The van der Waals surface area contributed by atoms with Gasteiger partial charge in [-0.25, -0.2) is 9.97 Å². The van der Waals surface area contributed by atoms with Crippen LogP contribution in [0.4, 0.5) is 11.5 Å². The smallest absolute Gasteiger partial charge is 0.163 e. The highest BCUT2D eigenvalue weighted by molar-refractivity contribution is 7.98. The SMILES string of the molecule is CSc1c(N)nc(-c2ccc(N)cc2)nc1Cl. The van der Waals surface area contributed by atoms with Crippen LogP contribution in [0.25, 0.3) is 11.4 Å². The zero-order chi connectivity index (χ0) is 12.4. The third-order valence-electron chi connectivity index (χ3n) is 2.22. The van der Waals surface area contributed by atoms with Crippen LogP contribution in [0.2, 0.25) is 5.15 Å². The molecule has 2 aromatic rings. The number of nitrogens with zero attached hydrogens (tertiary/aromatic N) is 2. The predicted molar refractivity (Wildman–Crippen MR) is 73.1 cm³/mol. The Balaban J connectivity index is 2.50. The van der Waals surface area contributed by atoms with Crippen LogP contribution >= 0.6 is 23.4 Å². The van der Waals surface area contributed by atoms with Crippen molar-refractivity contribution in [1.29, 1.82) is 0 Å². The largest absolute Gasteiger partial charge is 0.399 e. The molecule has 1 aromatic heterocycles. The van der Waals surface area contributed by atoms with Crippen molar-refractivity contribution in [2.75, 3.05) is 17.7 Å². The summed E-state index contributed by atoms with van der Waals surface area (Å²) in [5, 5.41) is 0.372. The molecule has 1 heterocycles. The molecule has 0 unspecified atom stereocenters. The van der Waals surface area contributed by atoms with Crippen molar-refractivity contribution in [1.82, 2.24) is 9.97 Å². The van der Waals surface area contributed by atoms with Gasteiger partial charge in [-0.3, -0.25) is 0 Å². The summed E-state index contributed by atoms with van der Waals surface area (Å²) in [5.74, 6) is 0.898. The number of nitrogen functional groups attached to an aromatic ring is 2. The van der Waals surface area contributed by atoms with Gasteiger partial charge in [0.25, 0.3) is 0 Å². The first-order chi connectivity index (χ1) is 8.11. The first-order valence-electron chi connectivity index (χ1n) is 4.84. The number of thioether (sulfide) groups is 1. The molecule has 0 fully saturated rings. The third kappa shape index (κ3) is 2.45. The standard InChI is InChI=1S/C11H11ClN4S/c1-17-8-9(12)15-11(16-10(8)14)6-2-4-7(13)5-3-6/h2-5H,13H2,1H3,(H2,14,15,16). The Bertz CT molecular complexity index is 519. The fraction of sp³-hybridized carbons (Fsp3) is 0.0909. The van der Waals surface area contributed by atoms with Crippen molar-refractivity contribution in [2.45, 2.75) is 4.90 Å². The lowest BCUT2D eigenvalue weighted by molar-refractivity contribution is 1.12. The third-order valence-corrected chi connectivity index (χ3v) is 3.42. The van der Waals surface area contributed by atoms with Gasteiger partial charge in [-0.2, -0.15) is 0 Å². The Morgan fingerprint density at radius 1 is 1.12 bits per heavy atom. The van der Waals surface area contributed by atoms with E-state index in [4.69, 9.17) is 23.1 Å². The van der Waals surface area contributed by atoms with Gasteiger partial charge in [0, 0.05) is 11.3 Å². The van der Waals surface area contributed by atoms with Crippen LogP contribution in [0.15, 0.2) is 29.2 Å². The number of aromatic nitrogens is 2. The van der Waals surface area contributed by atoms with Gasteiger partial charge in [-0.05, 0) is 30.5 Å². The second-order valence-electron chi connectivity index (χ2n) is 3.38. The number of nitrogens with two attached hydrogens (primary N) is 2. The molecule has 4 N–H and O–H groups in total. The zero-order valence-corrected chi connectivity index (χ0v) is 10.7. The zero-order valence-electron chi connectivity index (χ0n) is 9.14. The van der Waals surface area contributed by atoms with E-state index in [9.17, 15) is 0 Å². The highest BCUT2D eigenvalue weighted by Crippen LogP contribution is 2.30. The van der Waals surface area contributed by atoms with E-state index in [0.29, 0.717) is 27.4 Å². The lowest BCUT2D eigenvalue weighted by atomic mass is 10.2. The molecule has 0 aliphatic heterocycles. The monoisotopic (exact) mass is 266 g/mol. The maximum Gasteiger partial charge on any atom is 0.163 e. The van der Waals surface area contributed by atoms with Crippen molar-refractivity contribution in [3.05, 3.63) is 29.4 Å². The van der Waals surface area contributed by atoms with Crippen LogP contribution in [-0.2, 0) is 0 Å². The molecule has 1 aromatic carbocycles. The van der Waals surface area contributed by atoms with Crippen molar-refractivity contribution in [3.63, 3.8) is 0 Å². The molecule has 0 spiro atoms. The molecule has 4 nitrogen and oxygen atoms in total. The summed E-state index contributed by atoms with van der Waals surface area (Å²) in [6, 6.07) is 7.23. The normalized spacial score (nSPS) is 10.5. The van der Waals surface area contributed by atoms with Gasteiger partial charge in [0.05, 0.1) is 4.90 Å². The van der Waals surface area contributed by atoms with Gasteiger partial charge in [-0.1, -0.05) is 11.6 Å². The molecule has 0 atom stereocenters. The second-order valence-corrected chi connectivity index (χ2v) is 4.55. The lowest BCUT2D eigenvalue weighted by Crippen LogP contribution is -1.99. The summed E-state index contributed by atoms with van der Waals surface area (Å²) in [5.41, 5.74) is 13.0. The molecule has 17 heavy (non-hydrogen) atoms.